The van der Waals surface area contributed by atoms with Crippen molar-refractivity contribution in [2.24, 2.45) is 5.92 Å². The van der Waals surface area contributed by atoms with Crippen LogP contribution in [0.2, 0.25) is 0 Å². The van der Waals surface area contributed by atoms with Gasteiger partial charge in [0.15, 0.2) is 0 Å². The van der Waals surface area contributed by atoms with Gasteiger partial charge in [-0.15, -0.1) is 0 Å². The summed E-state index contributed by atoms with van der Waals surface area (Å²) in [7, 11) is 0. The first-order valence-electron chi connectivity index (χ1n) is 4.66. The molecule has 0 heterocycles. The van der Waals surface area contributed by atoms with E-state index in [2.05, 4.69) is 0 Å². The third-order valence-corrected chi connectivity index (χ3v) is 2.08. The second kappa shape index (κ2) is 6.18. The Morgan fingerprint density at radius 2 is 1.93 bits per heavy atom. The summed E-state index contributed by atoms with van der Waals surface area (Å²) in [6.45, 7) is 3.49. The van der Waals surface area contributed by atoms with E-state index in [9.17, 15) is 9.59 Å². The molecule has 80 valence electrons. The molecule has 4 heteroatoms. The fourth-order valence-electron chi connectivity index (χ4n) is 1.29. The fourth-order valence-corrected chi connectivity index (χ4v) is 1.29. The zero-order valence-corrected chi connectivity index (χ0v) is 8.49. The highest BCUT2D eigenvalue weighted by Gasteiger charge is 2.25. The second-order valence-electron chi connectivity index (χ2n) is 3.08. The molecule has 0 aliphatic heterocycles. The third-order valence-electron chi connectivity index (χ3n) is 2.08. The van der Waals surface area contributed by atoms with Crippen LogP contribution in [0.3, 0.4) is 0 Å². The Hall–Kier alpha value is -1.32. The van der Waals surface area contributed by atoms with Crippen LogP contribution in [0.1, 0.15) is 33.1 Å². The van der Waals surface area contributed by atoms with Crippen molar-refractivity contribution in [3.05, 3.63) is 11.6 Å². The number of carboxylic acid groups (broad SMARTS) is 2. The van der Waals surface area contributed by atoms with E-state index in [1.165, 1.54) is 6.08 Å². The van der Waals surface area contributed by atoms with Crippen LogP contribution >= 0.6 is 0 Å². The predicted octanol–water partition coefficient (Wildman–Crippen LogP) is 1.91. The molecule has 0 rings (SSSR count). The number of aliphatic carboxylic acids is 2. The van der Waals surface area contributed by atoms with Gasteiger partial charge in [-0.3, -0.25) is 4.79 Å². The molecule has 0 amide bonds. The van der Waals surface area contributed by atoms with Gasteiger partial charge in [0.1, 0.15) is 0 Å². The van der Waals surface area contributed by atoms with Crippen molar-refractivity contribution < 1.29 is 19.8 Å². The van der Waals surface area contributed by atoms with Crippen LogP contribution in [0, 0.1) is 5.92 Å². The predicted molar refractivity (Wildman–Crippen MR) is 52.0 cm³/mol. The second-order valence-corrected chi connectivity index (χ2v) is 3.08. The first-order valence-corrected chi connectivity index (χ1v) is 4.66. The van der Waals surface area contributed by atoms with Crippen molar-refractivity contribution in [1.82, 2.24) is 0 Å². The van der Waals surface area contributed by atoms with Crippen LogP contribution in [-0.2, 0) is 9.59 Å². The maximum absolute atomic E-state index is 10.8. The summed E-state index contributed by atoms with van der Waals surface area (Å²) < 4.78 is 0. The maximum atomic E-state index is 10.8. The zero-order chi connectivity index (χ0) is 11.1. The SMILES string of the molecule is CC=C(C(=O)O)C(CCCC)C(=O)O. The standard InChI is InChI=1S/C10H16O4/c1-3-5-6-8(10(13)14)7(4-2)9(11)12/h4,8H,3,5-6H2,1-2H3,(H,11,12)(H,13,14). The van der Waals surface area contributed by atoms with Crippen LogP contribution in [0.25, 0.3) is 0 Å². The highest BCUT2D eigenvalue weighted by Crippen LogP contribution is 2.18. The number of hydrogen-bond acceptors (Lipinski definition) is 2. The highest BCUT2D eigenvalue weighted by atomic mass is 16.4. The van der Waals surface area contributed by atoms with Crippen molar-refractivity contribution in [2.45, 2.75) is 33.1 Å². The van der Waals surface area contributed by atoms with Crippen LogP contribution in [0.15, 0.2) is 11.6 Å². The Kier molecular flexibility index (Phi) is 5.60. The molecular formula is C10H16O4. The summed E-state index contributed by atoms with van der Waals surface area (Å²) >= 11 is 0. The van der Waals surface area contributed by atoms with E-state index in [4.69, 9.17) is 10.2 Å². The highest BCUT2D eigenvalue weighted by molar-refractivity contribution is 5.93. The molecule has 4 nitrogen and oxygen atoms in total. The molecule has 0 bridgehead atoms. The average Bonchev–Trinajstić information content (AvgIpc) is 2.10. The summed E-state index contributed by atoms with van der Waals surface area (Å²) in [6.07, 6.45) is 3.33. The molecule has 0 saturated carbocycles. The van der Waals surface area contributed by atoms with Gasteiger partial charge < -0.3 is 10.2 Å². The minimum atomic E-state index is -1.14. The van der Waals surface area contributed by atoms with Crippen molar-refractivity contribution in [3.8, 4) is 0 Å². The Morgan fingerprint density at radius 3 is 2.21 bits per heavy atom. The largest absolute Gasteiger partial charge is 0.481 e. The average molecular weight is 200 g/mol. The van der Waals surface area contributed by atoms with Gasteiger partial charge in [0, 0.05) is 5.57 Å². The monoisotopic (exact) mass is 200 g/mol. The molecule has 1 unspecified atom stereocenters. The smallest absolute Gasteiger partial charge is 0.332 e. The lowest BCUT2D eigenvalue weighted by atomic mass is 9.93. The molecule has 2 N–H and O–H groups in total. The van der Waals surface area contributed by atoms with Crippen LogP contribution < -0.4 is 0 Å². The van der Waals surface area contributed by atoms with Gasteiger partial charge in [-0.05, 0) is 13.3 Å². The lowest BCUT2D eigenvalue weighted by Gasteiger charge is -2.11. The zero-order valence-electron chi connectivity index (χ0n) is 8.49. The van der Waals surface area contributed by atoms with Crippen molar-refractivity contribution in [1.29, 1.82) is 0 Å². The number of carboxylic acids is 2. The lowest BCUT2D eigenvalue weighted by molar-refractivity contribution is -0.144. The molecule has 0 aliphatic rings. The van der Waals surface area contributed by atoms with Gasteiger partial charge in [-0.1, -0.05) is 25.8 Å². The first-order chi connectivity index (χ1) is 6.54. The number of carbonyl (C=O) groups is 2. The van der Waals surface area contributed by atoms with Gasteiger partial charge in [0.05, 0.1) is 5.92 Å². The maximum Gasteiger partial charge on any atom is 0.332 e. The third kappa shape index (κ3) is 3.60. The molecule has 1 atom stereocenters. The van der Waals surface area contributed by atoms with Gasteiger partial charge in [-0.25, -0.2) is 4.79 Å². The van der Waals surface area contributed by atoms with E-state index in [1.54, 1.807) is 6.92 Å². The molecule has 0 aliphatic carbocycles. The Balaban J connectivity index is 4.62. The Morgan fingerprint density at radius 1 is 1.36 bits per heavy atom. The number of hydrogen-bond donors (Lipinski definition) is 2. The lowest BCUT2D eigenvalue weighted by Crippen LogP contribution is -2.21. The molecule has 0 radical (unpaired) electrons. The van der Waals surface area contributed by atoms with Gasteiger partial charge in [0.25, 0.3) is 0 Å². The molecule has 0 saturated heterocycles. The number of rotatable bonds is 6. The van der Waals surface area contributed by atoms with E-state index in [0.29, 0.717) is 6.42 Å². The van der Waals surface area contributed by atoms with E-state index in [0.717, 1.165) is 12.8 Å². The van der Waals surface area contributed by atoms with Gasteiger partial charge in [-0.2, -0.15) is 0 Å². The van der Waals surface area contributed by atoms with Crippen LogP contribution in [0.5, 0.6) is 0 Å². The van der Waals surface area contributed by atoms with Gasteiger partial charge in [0.2, 0.25) is 0 Å². The van der Waals surface area contributed by atoms with E-state index in [-0.39, 0.29) is 5.57 Å². The van der Waals surface area contributed by atoms with E-state index < -0.39 is 17.9 Å². The summed E-state index contributed by atoms with van der Waals surface area (Å²) in [6, 6.07) is 0. The van der Waals surface area contributed by atoms with E-state index >= 15 is 0 Å². The molecule has 0 aromatic heterocycles. The fraction of sp³-hybridized carbons (Fsp3) is 0.600. The van der Waals surface area contributed by atoms with Crippen molar-refractivity contribution in [2.75, 3.05) is 0 Å². The summed E-state index contributed by atoms with van der Waals surface area (Å²) in [4.78, 5) is 21.5. The Bertz CT molecular complexity index is 243. The first kappa shape index (κ1) is 12.7. The summed E-state index contributed by atoms with van der Waals surface area (Å²) in [5, 5.41) is 17.6. The van der Waals surface area contributed by atoms with Crippen molar-refractivity contribution in [3.63, 3.8) is 0 Å². The van der Waals surface area contributed by atoms with Gasteiger partial charge >= 0.3 is 11.9 Å². The topological polar surface area (TPSA) is 74.6 Å². The minimum absolute atomic E-state index is 0.0223. The van der Waals surface area contributed by atoms with Crippen LogP contribution in [0.4, 0.5) is 0 Å². The molecule has 0 fully saturated rings. The molecule has 14 heavy (non-hydrogen) atoms. The minimum Gasteiger partial charge on any atom is -0.481 e. The normalized spacial score (nSPS) is 13.7. The number of allylic oxidation sites excluding steroid dienone is 1. The number of unbranched alkanes of at least 4 members (excludes halogenated alkanes) is 1. The Labute approximate surface area is 83.2 Å². The quantitative estimate of drug-likeness (QED) is 0.642. The summed E-state index contributed by atoms with van der Waals surface area (Å²) in [5.74, 6) is -3.08. The molecule has 0 aromatic carbocycles. The van der Waals surface area contributed by atoms with Crippen molar-refractivity contribution >= 4 is 11.9 Å². The van der Waals surface area contributed by atoms with E-state index in [1.807, 2.05) is 6.92 Å². The molecule has 0 spiro atoms. The molecule has 0 aromatic rings. The van der Waals surface area contributed by atoms with Crippen LogP contribution in [-0.4, -0.2) is 22.2 Å². The molecular weight excluding hydrogens is 184 g/mol. The summed E-state index contributed by atoms with van der Waals surface area (Å²) in [5.41, 5.74) is -0.0223.